The molecule has 1 unspecified atom stereocenters. The number of hydrogen-bond acceptors (Lipinski definition) is 6. The zero-order valence-electron chi connectivity index (χ0n) is 15.7. The molecule has 0 aliphatic carbocycles. The predicted molar refractivity (Wildman–Crippen MR) is 108 cm³/mol. The van der Waals surface area contributed by atoms with E-state index >= 15 is 0 Å². The van der Waals surface area contributed by atoms with Crippen LogP contribution in [0.5, 0.6) is 11.5 Å². The highest BCUT2D eigenvalue weighted by Gasteiger charge is 2.25. The number of nitrogens with zero attached hydrogens (tertiary/aromatic N) is 2. The maximum atomic E-state index is 12.6. The van der Waals surface area contributed by atoms with E-state index in [0.717, 1.165) is 5.56 Å². The minimum absolute atomic E-state index is 0.247. The molecule has 0 spiro atoms. The van der Waals surface area contributed by atoms with Crippen LogP contribution in [-0.2, 0) is 9.59 Å². The number of methoxy groups -OCH3 is 2. The number of amides is 1. The van der Waals surface area contributed by atoms with Gasteiger partial charge in [0.1, 0.15) is 0 Å². The summed E-state index contributed by atoms with van der Waals surface area (Å²) >= 11 is 12.1. The summed E-state index contributed by atoms with van der Waals surface area (Å²) in [4.78, 5) is 24.6. The number of benzene rings is 2. The van der Waals surface area contributed by atoms with E-state index in [0.29, 0.717) is 21.5 Å². The molecule has 0 saturated heterocycles. The Morgan fingerprint density at radius 1 is 1.11 bits per heavy atom. The number of rotatable bonds is 7. The van der Waals surface area contributed by atoms with Crippen LogP contribution < -0.4 is 14.8 Å². The fraction of sp³-hybridized carbons (Fsp3) is 0.263. The zero-order valence-corrected chi connectivity index (χ0v) is 17.3. The minimum atomic E-state index is -1.35. The quantitative estimate of drug-likeness (QED) is 0.501. The Balaban J connectivity index is 2.29. The Labute approximate surface area is 172 Å². The molecule has 2 aromatic carbocycles. The zero-order chi connectivity index (χ0) is 20.8. The molecule has 2 rings (SSSR count). The van der Waals surface area contributed by atoms with Crippen LogP contribution in [0.4, 0.5) is 11.4 Å². The fourth-order valence-corrected chi connectivity index (χ4v) is 2.69. The SMILES string of the molecule is COc1cc(Cl)cc(NC(=O)C(N=Nc2ccc(C)c(Cl)c2)C(C)=O)c1OC. The Morgan fingerprint density at radius 2 is 1.82 bits per heavy atom. The van der Waals surface area contributed by atoms with Gasteiger partial charge in [0.15, 0.2) is 17.3 Å². The van der Waals surface area contributed by atoms with Gasteiger partial charge in [-0.1, -0.05) is 29.3 Å². The normalized spacial score (nSPS) is 11.9. The molecule has 7 nitrogen and oxygen atoms in total. The van der Waals surface area contributed by atoms with Crippen LogP contribution in [0.2, 0.25) is 10.0 Å². The molecule has 0 heterocycles. The molecular weight excluding hydrogens is 405 g/mol. The molecule has 2 aromatic rings. The van der Waals surface area contributed by atoms with Crippen LogP contribution in [0.25, 0.3) is 0 Å². The van der Waals surface area contributed by atoms with E-state index in [4.69, 9.17) is 32.7 Å². The first-order valence-corrected chi connectivity index (χ1v) is 8.92. The molecule has 0 radical (unpaired) electrons. The van der Waals surface area contributed by atoms with Crippen LogP contribution in [0, 0.1) is 6.92 Å². The van der Waals surface area contributed by atoms with Crippen molar-refractivity contribution in [2.24, 2.45) is 10.2 Å². The molecule has 0 fully saturated rings. The molecule has 0 aliphatic heterocycles. The van der Waals surface area contributed by atoms with Gasteiger partial charge in [-0.15, -0.1) is 0 Å². The average molecular weight is 424 g/mol. The van der Waals surface area contributed by atoms with Gasteiger partial charge < -0.3 is 14.8 Å². The molecule has 0 bridgehead atoms. The van der Waals surface area contributed by atoms with Crippen molar-refractivity contribution in [3.8, 4) is 11.5 Å². The van der Waals surface area contributed by atoms with Crippen molar-refractivity contribution in [2.45, 2.75) is 19.9 Å². The third-order valence-corrected chi connectivity index (χ3v) is 4.40. The van der Waals surface area contributed by atoms with Crippen molar-refractivity contribution in [3.63, 3.8) is 0 Å². The number of carbonyl (C=O) groups is 2. The van der Waals surface area contributed by atoms with Crippen LogP contribution in [-0.4, -0.2) is 32.0 Å². The topological polar surface area (TPSA) is 89.4 Å². The van der Waals surface area contributed by atoms with Crippen molar-refractivity contribution in [3.05, 3.63) is 45.9 Å². The Morgan fingerprint density at radius 3 is 2.39 bits per heavy atom. The molecule has 0 aromatic heterocycles. The molecule has 1 atom stereocenters. The highest BCUT2D eigenvalue weighted by atomic mass is 35.5. The van der Waals surface area contributed by atoms with Crippen molar-refractivity contribution >= 4 is 46.3 Å². The second-order valence-corrected chi connectivity index (χ2v) is 6.68. The maximum Gasteiger partial charge on any atom is 0.258 e. The second kappa shape index (κ2) is 9.52. The van der Waals surface area contributed by atoms with E-state index in [-0.39, 0.29) is 11.4 Å². The summed E-state index contributed by atoms with van der Waals surface area (Å²) in [5, 5.41) is 11.3. The van der Waals surface area contributed by atoms with Crippen molar-refractivity contribution in [2.75, 3.05) is 19.5 Å². The monoisotopic (exact) mass is 423 g/mol. The number of Topliss-reactive ketones (excluding diaryl/α,β-unsaturated/α-hetero) is 1. The largest absolute Gasteiger partial charge is 0.493 e. The molecule has 9 heteroatoms. The highest BCUT2D eigenvalue weighted by Crippen LogP contribution is 2.38. The minimum Gasteiger partial charge on any atom is -0.493 e. The second-order valence-electron chi connectivity index (χ2n) is 5.84. The van der Waals surface area contributed by atoms with E-state index in [9.17, 15) is 9.59 Å². The van der Waals surface area contributed by atoms with Gasteiger partial charge in [-0.3, -0.25) is 9.59 Å². The number of hydrogen-bond donors (Lipinski definition) is 1. The lowest BCUT2D eigenvalue weighted by Gasteiger charge is -2.15. The predicted octanol–water partition coefficient (Wildman–Crippen LogP) is 5.00. The maximum absolute atomic E-state index is 12.6. The van der Waals surface area contributed by atoms with E-state index in [1.807, 2.05) is 6.92 Å². The summed E-state index contributed by atoms with van der Waals surface area (Å²) in [6.07, 6.45) is 0. The van der Waals surface area contributed by atoms with Crippen molar-refractivity contribution in [1.82, 2.24) is 0 Å². The summed E-state index contributed by atoms with van der Waals surface area (Å²) in [6.45, 7) is 3.10. The molecule has 1 N–H and O–H groups in total. The van der Waals surface area contributed by atoms with Crippen LogP contribution in [0.1, 0.15) is 12.5 Å². The lowest BCUT2D eigenvalue weighted by Crippen LogP contribution is -2.32. The van der Waals surface area contributed by atoms with Crippen LogP contribution in [0.3, 0.4) is 0 Å². The Hall–Kier alpha value is -2.64. The summed E-state index contributed by atoms with van der Waals surface area (Å²) < 4.78 is 10.5. The van der Waals surface area contributed by atoms with Gasteiger partial charge in [-0.25, -0.2) is 0 Å². The number of nitrogens with one attached hydrogen (secondary N) is 1. The number of aryl methyl sites for hydroxylation is 1. The smallest absolute Gasteiger partial charge is 0.258 e. The molecule has 0 saturated carbocycles. The standard InChI is InChI=1S/C19H19Cl2N3O4/c1-10-5-6-13(9-14(10)21)23-24-17(11(2)25)19(26)22-15-7-12(20)8-16(27-3)18(15)28-4/h5-9,17H,1-4H3,(H,22,26). The van der Waals surface area contributed by atoms with Gasteiger partial charge >= 0.3 is 0 Å². The molecule has 1 amide bonds. The first-order valence-electron chi connectivity index (χ1n) is 8.16. The van der Waals surface area contributed by atoms with E-state index in [2.05, 4.69) is 15.5 Å². The average Bonchev–Trinajstić information content (AvgIpc) is 2.63. The summed E-state index contributed by atoms with van der Waals surface area (Å²) in [7, 11) is 2.86. The van der Waals surface area contributed by atoms with Gasteiger partial charge in [0.05, 0.1) is 25.6 Å². The molecule has 0 aliphatic rings. The number of anilines is 1. The lowest BCUT2D eigenvalue weighted by molar-refractivity contribution is -0.126. The van der Waals surface area contributed by atoms with Gasteiger partial charge in [-0.05, 0) is 37.6 Å². The molecule has 28 heavy (non-hydrogen) atoms. The number of ether oxygens (including phenoxy) is 2. The van der Waals surface area contributed by atoms with Gasteiger partial charge in [-0.2, -0.15) is 10.2 Å². The molecular formula is C19H19Cl2N3O4. The first kappa shape index (κ1) is 21.7. The first-order chi connectivity index (χ1) is 13.3. The summed E-state index contributed by atoms with van der Waals surface area (Å²) in [5.74, 6) is -0.560. The van der Waals surface area contributed by atoms with Crippen molar-refractivity contribution in [1.29, 1.82) is 0 Å². The number of ketones is 1. The third-order valence-electron chi connectivity index (χ3n) is 3.78. The van der Waals surface area contributed by atoms with Gasteiger partial charge in [0.2, 0.25) is 6.04 Å². The third kappa shape index (κ3) is 5.21. The lowest BCUT2D eigenvalue weighted by atomic mass is 10.2. The number of azo groups is 1. The summed E-state index contributed by atoms with van der Waals surface area (Å²) in [6, 6.07) is 6.72. The Kier molecular flexibility index (Phi) is 7.37. The van der Waals surface area contributed by atoms with Crippen molar-refractivity contribution < 1.29 is 19.1 Å². The molecule has 148 valence electrons. The van der Waals surface area contributed by atoms with Crippen LogP contribution >= 0.6 is 23.2 Å². The highest BCUT2D eigenvalue weighted by molar-refractivity contribution is 6.31. The summed E-state index contributed by atoms with van der Waals surface area (Å²) in [5.41, 5.74) is 1.55. The van der Waals surface area contributed by atoms with E-state index in [1.165, 1.54) is 27.2 Å². The van der Waals surface area contributed by atoms with Crippen LogP contribution in [0.15, 0.2) is 40.6 Å². The van der Waals surface area contributed by atoms with E-state index < -0.39 is 17.7 Å². The fourth-order valence-electron chi connectivity index (χ4n) is 2.31. The van der Waals surface area contributed by atoms with Gasteiger partial charge in [0, 0.05) is 16.1 Å². The number of carbonyl (C=O) groups excluding carboxylic acids is 2. The van der Waals surface area contributed by atoms with Gasteiger partial charge in [0.25, 0.3) is 5.91 Å². The number of halogens is 2. The van der Waals surface area contributed by atoms with E-state index in [1.54, 1.807) is 24.3 Å². The Bertz CT molecular complexity index is 932.